The zero-order valence-electron chi connectivity index (χ0n) is 16.9. The van der Waals surface area contributed by atoms with Crippen LogP contribution in [0.3, 0.4) is 0 Å². The van der Waals surface area contributed by atoms with Crippen LogP contribution in [0.1, 0.15) is 11.1 Å². The van der Waals surface area contributed by atoms with E-state index in [9.17, 15) is 14.4 Å². The number of amides is 3. The van der Waals surface area contributed by atoms with Gasteiger partial charge in [0.25, 0.3) is 0 Å². The maximum absolute atomic E-state index is 13.5. The van der Waals surface area contributed by atoms with Crippen LogP contribution in [0, 0.1) is 11.8 Å². The van der Waals surface area contributed by atoms with Crippen molar-refractivity contribution in [1.82, 2.24) is 10.2 Å². The van der Waals surface area contributed by atoms with Crippen molar-refractivity contribution in [2.75, 3.05) is 25.6 Å². The molecule has 3 heterocycles. The highest BCUT2D eigenvalue weighted by Gasteiger charge is 2.70. The first kappa shape index (κ1) is 20.2. The van der Waals surface area contributed by atoms with Gasteiger partial charge in [-0.3, -0.25) is 24.6 Å². The maximum atomic E-state index is 13.5. The molecule has 3 aliphatic rings. The van der Waals surface area contributed by atoms with Crippen LogP contribution in [0.5, 0.6) is 0 Å². The summed E-state index contributed by atoms with van der Waals surface area (Å²) in [4.78, 5) is 41.5. The van der Waals surface area contributed by atoms with Crippen LogP contribution in [0.15, 0.2) is 48.5 Å². The Morgan fingerprint density at radius 3 is 2.58 bits per heavy atom. The summed E-state index contributed by atoms with van der Waals surface area (Å²) in [6, 6.07) is 14.6. The summed E-state index contributed by atoms with van der Waals surface area (Å²) in [5.41, 5.74) is 0.802. The highest BCUT2D eigenvalue weighted by molar-refractivity contribution is 6.35. The molecule has 2 aromatic carbocycles. The molecule has 7 nitrogen and oxygen atoms in total. The number of hydrogen-bond acceptors (Lipinski definition) is 5. The highest BCUT2D eigenvalue weighted by Crippen LogP contribution is 2.54. The van der Waals surface area contributed by atoms with Gasteiger partial charge in [-0.15, -0.1) is 0 Å². The molecule has 4 atom stereocenters. The number of ether oxygens (including phenoxy) is 1. The van der Waals surface area contributed by atoms with Crippen molar-refractivity contribution >= 4 is 35.0 Å². The van der Waals surface area contributed by atoms with E-state index in [4.69, 9.17) is 16.3 Å². The van der Waals surface area contributed by atoms with Crippen molar-refractivity contribution in [2.24, 2.45) is 11.8 Å². The molecule has 2 fully saturated rings. The number of benzene rings is 2. The molecule has 8 heteroatoms. The van der Waals surface area contributed by atoms with E-state index in [-0.39, 0.29) is 36.9 Å². The molecule has 0 radical (unpaired) electrons. The minimum absolute atomic E-state index is 0.166. The third-order valence-electron chi connectivity index (χ3n) is 6.61. The quantitative estimate of drug-likeness (QED) is 0.695. The summed E-state index contributed by atoms with van der Waals surface area (Å²) in [5, 5.41) is 6.67. The molecule has 4 unspecified atom stereocenters. The van der Waals surface area contributed by atoms with E-state index in [1.807, 2.05) is 30.3 Å². The molecule has 0 aliphatic carbocycles. The lowest BCUT2D eigenvalue weighted by Crippen LogP contribution is -2.53. The molecule has 2 N–H and O–H groups in total. The molecule has 0 saturated carbocycles. The number of carbonyl (C=O) groups excluding carboxylic acids is 3. The van der Waals surface area contributed by atoms with E-state index in [2.05, 4.69) is 10.6 Å². The summed E-state index contributed by atoms with van der Waals surface area (Å²) < 4.78 is 5.10. The van der Waals surface area contributed by atoms with E-state index in [1.165, 1.54) is 12.0 Å². The number of nitrogens with one attached hydrogen (secondary N) is 2. The van der Waals surface area contributed by atoms with Gasteiger partial charge in [-0.05, 0) is 18.1 Å². The van der Waals surface area contributed by atoms with Gasteiger partial charge >= 0.3 is 0 Å². The first-order valence-electron chi connectivity index (χ1n) is 10.2. The minimum Gasteiger partial charge on any atom is -0.383 e. The van der Waals surface area contributed by atoms with Crippen molar-refractivity contribution in [3.8, 4) is 0 Å². The normalized spacial score (nSPS) is 28.9. The van der Waals surface area contributed by atoms with Crippen molar-refractivity contribution in [3.05, 3.63) is 64.7 Å². The van der Waals surface area contributed by atoms with E-state index >= 15 is 0 Å². The lowest BCUT2D eigenvalue weighted by atomic mass is 9.76. The number of hydrogen-bond donors (Lipinski definition) is 2. The Bertz CT molecular complexity index is 1080. The van der Waals surface area contributed by atoms with E-state index in [1.54, 1.807) is 18.2 Å². The second kappa shape index (κ2) is 7.44. The predicted octanol–water partition coefficient (Wildman–Crippen LogP) is 1.95. The third kappa shape index (κ3) is 2.84. The number of rotatable bonds is 5. The summed E-state index contributed by atoms with van der Waals surface area (Å²) in [6.45, 7) is 0.411. The standard InChI is InChI=1S/C23H22ClN3O4/c1-31-11-10-27-20(28)17-16(12-13-6-3-2-4-7-13)26-23(18(17)21(27)29)14-8-5-9-15(24)19(14)25-22(23)30/h2-9,16-18,26H,10-12H2,1H3,(H,25,30). The number of likely N-dealkylation sites (tertiary alicyclic amines) is 1. The van der Waals surface area contributed by atoms with Crippen LogP contribution in [0.4, 0.5) is 5.69 Å². The van der Waals surface area contributed by atoms with Crippen LogP contribution < -0.4 is 10.6 Å². The second-order valence-corrected chi connectivity index (χ2v) is 8.60. The second-order valence-electron chi connectivity index (χ2n) is 8.19. The molecule has 5 rings (SSSR count). The molecule has 1 spiro atoms. The Balaban J connectivity index is 1.62. The Morgan fingerprint density at radius 1 is 1.06 bits per heavy atom. The van der Waals surface area contributed by atoms with E-state index in [0.29, 0.717) is 22.7 Å². The number of carbonyl (C=O) groups is 3. The smallest absolute Gasteiger partial charge is 0.250 e. The largest absolute Gasteiger partial charge is 0.383 e. The van der Waals surface area contributed by atoms with Crippen LogP contribution in [-0.2, 0) is 31.1 Å². The topological polar surface area (TPSA) is 87.7 Å². The van der Waals surface area contributed by atoms with Crippen molar-refractivity contribution in [2.45, 2.75) is 18.0 Å². The third-order valence-corrected chi connectivity index (χ3v) is 6.92. The molecule has 2 aromatic rings. The van der Waals surface area contributed by atoms with Crippen LogP contribution >= 0.6 is 11.6 Å². The van der Waals surface area contributed by atoms with Gasteiger partial charge in [0, 0.05) is 18.7 Å². The van der Waals surface area contributed by atoms with Crippen molar-refractivity contribution in [3.63, 3.8) is 0 Å². The Kier molecular flexibility index (Phi) is 4.84. The lowest BCUT2D eigenvalue weighted by Gasteiger charge is -2.29. The van der Waals surface area contributed by atoms with Gasteiger partial charge in [-0.25, -0.2) is 0 Å². The average Bonchev–Trinajstić information content (AvgIpc) is 3.34. The first-order chi connectivity index (χ1) is 15.0. The Hall–Kier alpha value is -2.74. The SMILES string of the molecule is COCCN1C(=O)C2C(Cc3ccccc3)NC3(C(=O)Nc4c(Cl)cccc43)C2C1=O. The monoisotopic (exact) mass is 439 g/mol. The molecule has 160 valence electrons. The Labute approximate surface area is 184 Å². The first-order valence-corrected chi connectivity index (χ1v) is 10.6. The highest BCUT2D eigenvalue weighted by atomic mass is 35.5. The van der Waals surface area contributed by atoms with Crippen molar-refractivity contribution < 1.29 is 19.1 Å². The summed E-state index contributed by atoms with van der Waals surface area (Å²) >= 11 is 6.35. The number of methoxy groups -OCH3 is 1. The molecule has 2 saturated heterocycles. The summed E-state index contributed by atoms with van der Waals surface area (Å²) in [5.74, 6) is -2.46. The van der Waals surface area contributed by atoms with Gasteiger partial charge in [0.05, 0.1) is 35.7 Å². The summed E-state index contributed by atoms with van der Waals surface area (Å²) in [6.07, 6.45) is 0.518. The molecular formula is C23H22ClN3O4. The molecule has 3 aliphatic heterocycles. The molecule has 31 heavy (non-hydrogen) atoms. The molecule has 3 amide bonds. The maximum Gasteiger partial charge on any atom is 0.250 e. The van der Waals surface area contributed by atoms with Gasteiger partial charge in [0.15, 0.2) is 0 Å². The number of fused-ring (bicyclic) bond motifs is 4. The van der Waals surface area contributed by atoms with Crippen molar-refractivity contribution in [1.29, 1.82) is 0 Å². The van der Waals surface area contributed by atoms with Gasteiger partial charge in [0.2, 0.25) is 17.7 Å². The molecule has 0 bridgehead atoms. The molecule has 0 aromatic heterocycles. The molecular weight excluding hydrogens is 418 g/mol. The number of nitrogens with zero attached hydrogens (tertiary/aromatic N) is 1. The minimum atomic E-state index is -1.33. The van der Waals surface area contributed by atoms with E-state index < -0.39 is 17.4 Å². The van der Waals surface area contributed by atoms with E-state index in [0.717, 1.165) is 5.56 Å². The zero-order chi connectivity index (χ0) is 21.8. The van der Waals surface area contributed by atoms with Crippen LogP contribution in [0.2, 0.25) is 5.02 Å². The van der Waals surface area contributed by atoms with Gasteiger partial charge in [0.1, 0.15) is 5.54 Å². The number of halogens is 1. The summed E-state index contributed by atoms with van der Waals surface area (Å²) in [7, 11) is 1.52. The number of imide groups is 1. The van der Waals surface area contributed by atoms with Gasteiger partial charge in [-0.1, -0.05) is 54.1 Å². The fourth-order valence-corrected chi connectivity index (χ4v) is 5.52. The number of para-hydroxylation sites is 1. The lowest BCUT2D eigenvalue weighted by molar-refractivity contribution is -0.143. The Morgan fingerprint density at radius 2 is 1.84 bits per heavy atom. The predicted molar refractivity (Wildman–Crippen MR) is 114 cm³/mol. The average molecular weight is 440 g/mol. The fourth-order valence-electron chi connectivity index (χ4n) is 5.30. The zero-order valence-corrected chi connectivity index (χ0v) is 17.7. The fraction of sp³-hybridized carbons (Fsp3) is 0.348. The van der Waals surface area contributed by atoms with Crippen LogP contribution in [0.25, 0.3) is 0 Å². The van der Waals surface area contributed by atoms with Gasteiger partial charge in [-0.2, -0.15) is 0 Å². The number of anilines is 1. The van der Waals surface area contributed by atoms with Gasteiger partial charge < -0.3 is 10.1 Å². The van der Waals surface area contributed by atoms with Crippen LogP contribution in [-0.4, -0.2) is 48.9 Å².